The van der Waals surface area contributed by atoms with Crippen LogP contribution >= 0.6 is 11.6 Å². The Bertz CT molecular complexity index is 1150. The summed E-state index contributed by atoms with van der Waals surface area (Å²) in [6.07, 6.45) is 0.832. The lowest BCUT2D eigenvalue weighted by molar-refractivity contribution is 0.102. The number of anilines is 2. The van der Waals surface area contributed by atoms with Crippen LogP contribution in [0.25, 0.3) is 0 Å². The monoisotopic (exact) mass is 463 g/mol. The molecule has 7 heteroatoms. The summed E-state index contributed by atoms with van der Waals surface area (Å²) in [5, 5.41) is 3.66. The lowest BCUT2D eigenvalue weighted by Crippen LogP contribution is -2.49. The first-order valence-electron chi connectivity index (χ1n) is 10.8. The number of amides is 3. The summed E-state index contributed by atoms with van der Waals surface area (Å²) in [7, 11) is 1.58. The Morgan fingerprint density at radius 2 is 1.76 bits per heavy atom. The van der Waals surface area contributed by atoms with Gasteiger partial charge in [-0.15, -0.1) is 0 Å². The van der Waals surface area contributed by atoms with Crippen molar-refractivity contribution in [3.05, 3.63) is 88.4 Å². The van der Waals surface area contributed by atoms with Gasteiger partial charge in [-0.1, -0.05) is 29.8 Å². The molecule has 1 aliphatic rings. The molecule has 1 saturated heterocycles. The van der Waals surface area contributed by atoms with Crippen molar-refractivity contribution in [2.24, 2.45) is 0 Å². The van der Waals surface area contributed by atoms with Crippen LogP contribution in [0, 0.1) is 6.92 Å². The second-order valence-corrected chi connectivity index (χ2v) is 8.48. The number of carbonyl (C=O) groups excluding carboxylic acids is 2. The largest absolute Gasteiger partial charge is 0.497 e. The highest BCUT2D eigenvalue weighted by atomic mass is 35.5. The van der Waals surface area contributed by atoms with Gasteiger partial charge in [-0.05, 0) is 73.0 Å². The molecule has 3 amide bonds. The highest BCUT2D eigenvalue weighted by Gasteiger charge is 2.28. The number of hydrogen-bond acceptors (Lipinski definition) is 3. The number of nitrogens with one attached hydrogen (secondary N) is 1. The van der Waals surface area contributed by atoms with Crippen LogP contribution in [0.1, 0.15) is 27.9 Å². The van der Waals surface area contributed by atoms with Crippen molar-refractivity contribution in [3.8, 4) is 5.75 Å². The van der Waals surface area contributed by atoms with E-state index in [4.69, 9.17) is 16.3 Å². The average molecular weight is 464 g/mol. The molecule has 0 radical (unpaired) electrons. The van der Waals surface area contributed by atoms with Crippen LogP contribution in [-0.2, 0) is 6.54 Å². The Balaban J connectivity index is 1.55. The van der Waals surface area contributed by atoms with Gasteiger partial charge in [0.15, 0.2) is 0 Å². The van der Waals surface area contributed by atoms with E-state index in [0.717, 1.165) is 17.5 Å². The van der Waals surface area contributed by atoms with Crippen molar-refractivity contribution in [1.82, 2.24) is 4.90 Å². The Morgan fingerprint density at radius 1 is 1.03 bits per heavy atom. The van der Waals surface area contributed by atoms with E-state index in [0.29, 0.717) is 47.3 Å². The molecule has 1 heterocycles. The maximum atomic E-state index is 13.4. The van der Waals surface area contributed by atoms with Gasteiger partial charge < -0.3 is 15.0 Å². The third kappa shape index (κ3) is 5.29. The molecule has 3 aromatic rings. The van der Waals surface area contributed by atoms with Crippen molar-refractivity contribution in [3.63, 3.8) is 0 Å². The quantitative estimate of drug-likeness (QED) is 0.507. The summed E-state index contributed by atoms with van der Waals surface area (Å²) in [6.45, 7) is 3.73. The molecule has 0 bridgehead atoms. The predicted octanol–water partition coefficient (Wildman–Crippen LogP) is 5.74. The molecular formula is C26H26ClN3O3. The van der Waals surface area contributed by atoms with Crippen molar-refractivity contribution < 1.29 is 14.3 Å². The van der Waals surface area contributed by atoms with E-state index >= 15 is 0 Å². The van der Waals surface area contributed by atoms with Crippen LogP contribution in [0.5, 0.6) is 5.75 Å². The van der Waals surface area contributed by atoms with Crippen LogP contribution in [0.4, 0.5) is 16.2 Å². The van der Waals surface area contributed by atoms with E-state index in [2.05, 4.69) is 5.32 Å². The number of methoxy groups -OCH3 is 1. The third-order valence-corrected chi connectivity index (χ3v) is 5.89. The number of aryl methyl sites for hydroxylation is 1. The molecule has 4 rings (SSSR count). The smallest absolute Gasteiger partial charge is 0.324 e. The summed E-state index contributed by atoms with van der Waals surface area (Å²) >= 11 is 5.99. The number of hydrogen-bond donors (Lipinski definition) is 1. The molecule has 6 nitrogen and oxygen atoms in total. The summed E-state index contributed by atoms with van der Waals surface area (Å²) in [5.41, 5.74) is 3.82. The van der Waals surface area contributed by atoms with Crippen molar-refractivity contribution in [2.75, 3.05) is 30.4 Å². The number of halogens is 1. The van der Waals surface area contributed by atoms with Gasteiger partial charge >= 0.3 is 6.03 Å². The molecule has 1 aliphatic heterocycles. The van der Waals surface area contributed by atoms with Crippen LogP contribution in [0.2, 0.25) is 5.02 Å². The van der Waals surface area contributed by atoms with Crippen LogP contribution < -0.4 is 15.0 Å². The van der Waals surface area contributed by atoms with Gasteiger partial charge in [0, 0.05) is 30.2 Å². The minimum absolute atomic E-state index is 0.0833. The first kappa shape index (κ1) is 22.7. The van der Waals surface area contributed by atoms with Crippen molar-refractivity contribution in [1.29, 1.82) is 0 Å². The van der Waals surface area contributed by atoms with Gasteiger partial charge in [-0.3, -0.25) is 9.69 Å². The molecule has 0 atom stereocenters. The molecule has 0 aliphatic carbocycles. The average Bonchev–Trinajstić information content (AvgIpc) is 2.82. The Kier molecular flexibility index (Phi) is 6.84. The van der Waals surface area contributed by atoms with E-state index in [1.54, 1.807) is 36.3 Å². The summed E-state index contributed by atoms with van der Waals surface area (Å²) in [6, 6.07) is 20.1. The number of urea groups is 1. The minimum atomic E-state index is -0.244. The standard InChI is InChI=1S/C26H26ClN3O3/c1-18-4-13-24(23(16-18)28-25(31)20-7-11-22(33-2)12-8-20)30-15-3-14-29(26(30)32)17-19-5-9-21(27)10-6-19/h4-13,16H,3,14-15,17H2,1-2H3,(H,28,31). The molecule has 0 saturated carbocycles. The molecule has 1 N–H and O–H groups in total. The fourth-order valence-electron chi connectivity index (χ4n) is 3.88. The topological polar surface area (TPSA) is 61.9 Å². The van der Waals surface area contributed by atoms with Crippen LogP contribution in [0.3, 0.4) is 0 Å². The summed E-state index contributed by atoms with van der Waals surface area (Å²) in [5.74, 6) is 0.439. The first-order valence-corrected chi connectivity index (χ1v) is 11.2. The van der Waals surface area contributed by atoms with Gasteiger partial charge in [0.05, 0.1) is 18.5 Å². The predicted molar refractivity (Wildman–Crippen MR) is 131 cm³/mol. The zero-order valence-corrected chi connectivity index (χ0v) is 19.4. The van der Waals surface area contributed by atoms with Gasteiger partial charge in [0.1, 0.15) is 5.75 Å². The highest BCUT2D eigenvalue weighted by Crippen LogP contribution is 2.31. The minimum Gasteiger partial charge on any atom is -0.497 e. The fourth-order valence-corrected chi connectivity index (χ4v) is 4.01. The lowest BCUT2D eigenvalue weighted by atomic mass is 10.1. The van der Waals surface area contributed by atoms with Crippen molar-refractivity contribution in [2.45, 2.75) is 19.9 Å². The SMILES string of the molecule is COc1ccc(C(=O)Nc2cc(C)ccc2N2CCCN(Cc3ccc(Cl)cc3)C2=O)cc1. The van der Waals surface area contributed by atoms with Crippen LogP contribution in [-0.4, -0.2) is 37.0 Å². The maximum Gasteiger partial charge on any atom is 0.324 e. The normalized spacial score (nSPS) is 13.7. The molecule has 0 unspecified atom stereocenters. The second-order valence-electron chi connectivity index (χ2n) is 8.04. The summed E-state index contributed by atoms with van der Waals surface area (Å²) < 4.78 is 5.16. The van der Waals surface area contributed by atoms with Gasteiger partial charge in [0.2, 0.25) is 0 Å². The fraction of sp³-hybridized carbons (Fsp3) is 0.231. The van der Waals surface area contributed by atoms with Gasteiger partial charge in [-0.2, -0.15) is 0 Å². The van der Waals surface area contributed by atoms with Crippen molar-refractivity contribution >= 4 is 34.9 Å². The number of carbonyl (C=O) groups is 2. The lowest BCUT2D eigenvalue weighted by Gasteiger charge is -2.36. The van der Waals surface area contributed by atoms with E-state index < -0.39 is 0 Å². The molecule has 170 valence electrons. The van der Waals surface area contributed by atoms with Gasteiger partial charge in [-0.25, -0.2) is 4.79 Å². The molecule has 3 aromatic carbocycles. The Morgan fingerprint density at radius 3 is 2.45 bits per heavy atom. The number of benzene rings is 3. The van der Waals surface area contributed by atoms with Crippen LogP contribution in [0.15, 0.2) is 66.7 Å². The van der Waals surface area contributed by atoms with E-state index in [1.165, 1.54) is 0 Å². The number of rotatable bonds is 6. The zero-order valence-electron chi connectivity index (χ0n) is 18.7. The summed E-state index contributed by atoms with van der Waals surface area (Å²) in [4.78, 5) is 29.8. The first-order chi connectivity index (χ1) is 15.9. The number of nitrogens with zero attached hydrogens (tertiary/aromatic N) is 2. The Labute approximate surface area is 198 Å². The van der Waals surface area contributed by atoms with Gasteiger partial charge in [0.25, 0.3) is 5.91 Å². The molecule has 33 heavy (non-hydrogen) atoms. The van der Waals surface area contributed by atoms with E-state index in [9.17, 15) is 9.59 Å². The zero-order chi connectivity index (χ0) is 23.4. The molecule has 0 spiro atoms. The Hall–Kier alpha value is -3.51. The maximum absolute atomic E-state index is 13.4. The molecule has 0 aromatic heterocycles. The molecular weight excluding hydrogens is 438 g/mol. The molecule has 1 fully saturated rings. The van der Waals surface area contributed by atoms with E-state index in [1.807, 2.05) is 54.3 Å². The number of ether oxygens (including phenoxy) is 1. The second kappa shape index (κ2) is 9.96. The van der Waals surface area contributed by atoms with E-state index in [-0.39, 0.29) is 11.9 Å². The third-order valence-electron chi connectivity index (χ3n) is 5.64. The highest BCUT2D eigenvalue weighted by molar-refractivity contribution is 6.30.